The molecule has 0 aliphatic rings. The number of hydrogen-bond donors (Lipinski definition) is 2. The molecule has 0 bridgehead atoms. The number of hydrogen-bond acceptors (Lipinski definition) is 2. The summed E-state index contributed by atoms with van der Waals surface area (Å²) in [5.41, 5.74) is 1.68. The zero-order valence-corrected chi connectivity index (χ0v) is 10.8. The predicted molar refractivity (Wildman–Crippen MR) is 71.8 cm³/mol. The standard InChI is InChI=1S/C15H13F2NO2/c1-9-12(15(19)20)3-2-4-14(9)18-8-10-5-6-11(16)7-13(10)17/h2-7,18H,8H2,1H3,(H,19,20). The highest BCUT2D eigenvalue weighted by atomic mass is 19.1. The van der Waals surface area contributed by atoms with E-state index < -0.39 is 17.6 Å². The number of carboxylic acid groups (broad SMARTS) is 1. The topological polar surface area (TPSA) is 49.3 Å². The number of carbonyl (C=O) groups is 1. The van der Waals surface area contributed by atoms with Gasteiger partial charge in [0.05, 0.1) is 5.56 Å². The molecule has 0 unspecified atom stereocenters. The largest absolute Gasteiger partial charge is 0.478 e. The molecule has 2 rings (SSSR count). The summed E-state index contributed by atoms with van der Waals surface area (Å²) >= 11 is 0. The molecule has 0 aliphatic heterocycles. The van der Waals surface area contributed by atoms with Crippen LogP contribution >= 0.6 is 0 Å². The fraction of sp³-hybridized carbons (Fsp3) is 0.133. The first-order valence-corrected chi connectivity index (χ1v) is 5.99. The number of halogens is 2. The van der Waals surface area contributed by atoms with Crippen molar-refractivity contribution in [2.45, 2.75) is 13.5 Å². The van der Waals surface area contributed by atoms with Crippen molar-refractivity contribution in [2.75, 3.05) is 5.32 Å². The summed E-state index contributed by atoms with van der Waals surface area (Å²) in [5, 5.41) is 12.0. The van der Waals surface area contributed by atoms with Crippen molar-refractivity contribution in [3.05, 3.63) is 64.7 Å². The molecule has 0 saturated heterocycles. The molecule has 0 amide bonds. The molecule has 2 N–H and O–H groups in total. The lowest BCUT2D eigenvalue weighted by molar-refractivity contribution is 0.0696. The fourth-order valence-electron chi connectivity index (χ4n) is 1.91. The Balaban J connectivity index is 2.19. The Morgan fingerprint density at radius 3 is 2.65 bits per heavy atom. The SMILES string of the molecule is Cc1c(NCc2ccc(F)cc2F)cccc1C(=O)O. The quantitative estimate of drug-likeness (QED) is 0.898. The van der Waals surface area contributed by atoms with Crippen LogP contribution in [0.15, 0.2) is 36.4 Å². The van der Waals surface area contributed by atoms with E-state index in [0.29, 0.717) is 16.8 Å². The molecule has 5 heteroatoms. The lowest BCUT2D eigenvalue weighted by Gasteiger charge is -2.12. The van der Waals surface area contributed by atoms with Crippen LogP contribution in [0.25, 0.3) is 0 Å². The van der Waals surface area contributed by atoms with Gasteiger partial charge in [0.15, 0.2) is 0 Å². The van der Waals surface area contributed by atoms with Crippen molar-refractivity contribution >= 4 is 11.7 Å². The van der Waals surface area contributed by atoms with E-state index in [4.69, 9.17) is 5.11 Å². The Bertz CT molecular complexity index is 656. The van der Waals surface area contributed by atoms with Crippen LogP contribution in [0.1, 0.15) is 21.5 Å². The number of rotatable bonds is 4. The van der Waals surface area contributed by atoms with Crippen LogP contribution in [0.5, 0.6) is 0 Å². The number of aromatic carboxylic acids is 1. The van der Waals surface area contributed by atoms with E-state index in [1.54, 1.807) is 19.1 Å². The van der Waals surface area contributed by atoms with Crippen molar-refractivity contribution in [3.8, 4) is 0 Å². The van der Waals surface area contributed by atoms with Crippen LogP contribution in [0.2, 0.25) is 0 Å². The second-order valence-electron chi connectivity index (χ2n) is 4.37. The van der Waals surface area contributed by atoms with Gasteiger partial charge in [-0.05, 0) is 30.7 Å². The van der Waals surface area contributed by atoms with E-state index in [1.807, 2.05) is 0 Å². The summed E-state index contributed by atoms with van der Waals surface area (Å²) < 4.78 is 26.3. The van der Waals surface area contributed by atoms with E-state index in [9.17, 15) is 13.6 Å². The molecule has 2 aromatic carbocycles. The average Bonchev–Trinajstić information content (AvgIpc) is 2.39. The van der Waals surface area contributed by atoms with E-state index in [2.05, 4.69) is 5.32 Å². The van der Waals surface area contributed by atoms with Crippen LogP contribution < -0.4 is 5.32 Å². The molecule has 0 heterocycles. The zero-order chi connectivity index (χ0) is 14.7. The minimum atomic E-state index is -1.01. The zero-order valence-electron chi connectivity index (χ0n) is 10.8. The maximum Gasteiger partial charge on any atom is 0.336 e. The van der Waals surface area contributed by atoms with Crippen LogP contribution in [0.4, 0.5) is 14.5 Å². The number of nitrogens with one attached hydrogen (secondary N) is 1. The first-order valence-electron chi connectivity index (χ1n) is 5.99. The van der Waals surface area contributed by atoms with E-state index in [-0.39, 0.29) is 12.1 Å². The summed E-state index contributed by atoms with van der Waals surface area (Å²) in [6.07, 6.45) is 0. The minimum absolute atomic E-state index is 0.149. The number of anilines is 1. The molecule has 0 spiro atoms. The van der Waals surface area contributed by atoms with Gasteiger partial charge in [0, 0.05) is 23.9 Å². The first-order chi connectivity index (χ1) is 9.49. The summed E-state index contributed by atoms with van der Waals surface area (Å²) in [7, 11) is 0. The Hall–Kier alpha value is -2.43. The lowest BCUT2D eigenvalue weighted by atomic mass is 10.1. The van der Waals surface area contributed by atoms with Crippen molar-refractivity contribution in [2.24, 2.45) is 0 Å². The maximum absolute atomic E-state index is 13.5. The third-order valence-electron chi connectivity index (χ3n) is 3.05. The number of carboxylic acids is 1. The van der Waals surface area contributed by atoms with Crippen molar-refractivity contribution < 1.29 is 18.7 Å². The Labute approximate surface area is 114 Å². The minimum Gasteiger partial charge on any atom is -0.478 e. The molecule has 0 aliphatic carbocycles. The molecule has 20 heavy (non-hydrogen) atoms. The van der Waals surface area contributed by atoms with Crippen molar-refractivity contribution in [1.82, 2.24) is 0 Å². The van der Waals surface area contributed by atoms with Gasteiger partial charge in [-0.25, -0.2) is 13.6 Å². The molecule has 104 valence electrons. The second kappa shape index (κ2) is 5.69. The molecule has 0 saturated carbocycles. The molecule has 2 aromatic rings. The lowest BCUT2D eigenvalue weighted by Crippen LogP contribution is -2.06. The molecule has 0 fully saturated rings. The van der Waals surface area contributed by atoms with E-state index in [1.165, 1.54) is 18.2 Å². The van der Waals surface area contributed by atoms with Crippen molar-refractivity contribution in [3.63, 3.8) is 0 Å². The van der Waals surface area contributed by atoms with Gasteiger partial charge >= 0.3 is 5.97 Å². The molecule has 0 atom stereocenters. The normalized spacial score (nSPS) is 10.3. The highest BCUT2D eigenvalue weighted by Crippen LogP contribution is 2.20. The Morgan fingerprint density at radius 1 is 1.25 bits per heavy atom. The second-order valence-corrected chi connectivity index (χ2v) is 4.37. The number of benzene rings is 2. The molecule has 3 nitrogen and oxygen atoms in total. The highest BCUT2D eigenvalue weighted by molar-refractivity contribution is 5.91. The maximum atomic E-state index is 13.5. The molecular formula is C15H13F2NO2. The fourth-order valence-corrected chi connectivity index (χ4v) is 1.91. The van der Waals surface area contributed by atoms with Gasteiger partial charge < -0.3 is 10.4 Å². The van der Waals surface area contributed by atoms with E-state index >= 15 is 0 Å². The third kappa shape index (κ3) is 2.93. The van der Waals surface area contributed by atoms with Crippen LogP contribution in [0.3, 0.4) is 0 Å². The Kier molecular flexibility index (Phi) is 3.98. The van der Waals surface area contributed by atoms with Gasteiger partial charge in [0.2, 0.25) is 0 Å². The molecule has 0 radical (unpaired) electrons. The van der Waals surface area contributed by atoms with Gasteiger partial charge in [-0.1, -0.05) is 12.1 Å². The molecular weight excluding hydrogens is 264 g/mol. The van der Waals surface area contributed by atoms with Crippen LogP contribution in [-0.2, 0) is 6.54 Å². The third-order valence-corrected chi connectivity index (χ3v) is 3.05. The van der Waals surface area contributed by atoms with Crippen LogP contribution in [-0.4, -0.2) is 11.1 Å². The van der Waals surface area contributed by atoms with E-state index in [0.717, 1.165) is 6.07 Å². The Morgan fingerprint density at radius 2 is 2.00 bits per heavy atom. The molecule has 0 aromatic heterocycles. The van der Waals surface area contributed by atoms with Crippen molar-refractivity contribution in [1.29, 1.82) is 0 Å². The highest BCUT2D eigenvalue weighted by Gasteiger charge is 2.10. The summed E-state index contributed by atoms with van der Waals surface area (Å²) in [5.74, 6) is -2.28. The van der Waals surface area contributed by atoms with Crippen LogP contribution in [0, 0.1) is 18.6 Å². The monoisotopic (exact) mass is 277 g/mol. The van der Waals surface area contributed by atoms with Gasteiger partial charge in [0.1, 0.15) is 11.6 Å². The van der Waals surface area contributed by atoms with Gasteiger partial charge in [-0.3, -0.25) is 0 Å². The summed E-state index contributed by atoms with van der Waals surface area (Å²) in [6.45, 7) is 1.82. The smallest absolute Gasteiger partial charge is 0.336 e. The van der Waals surface area contributed by atoms with Gasteiger partial charge in [0.25, 0.3) is 0 Å². The summed E-state index contributed by atoms with van der Waals surface area (Å²) in [4.78, 5) is 11.0. The van der Waals surface area contributed by atoms with Gasteiger partial charge in [-0.15, -0.1) is 0 Å². The van der Waals surface area contributed by atoms with Gasteiger partial charge in [-0.2, -0.15) is 0 Å². The predicted octanol–water partition coefficient (Wildman–Crippen LogP) is 3.58. The summed E-state index contributed by atoms with van der Waals surface area (Å²) in [6, 6.07) is 8.18. The first kappa shape index (κ1) is 14.0. The average molecular weight is 277 g/mol.